The summed E-state index contributed by atoms with van der Waals surface area (Å²) in [5.74, 6) is 0.511. The summed E-state index contributed by atoms with van der Waals surface area (Å²) in [6.45, 7) is 13.1. The second-order valence-corrected chi connectivity index (χ2v) is 9.75. The molecule has 5 rings (SSSR count). The number of nitrogens with zero attached hydrogens (tertiary/aromatic N) is 7. The van der Waals surface area contributed by atoms with Crippen LogP contribution in [-0.4, -0.2) is 87.6 Å². The topological polar surface area (TPSA) is 91.7 Å². The largest absolute Gasteiger partial charge is 0.458 e. The van der Waals surface area contributed by atoms with Crippen LogP contribution in [-0.2, 0) is 4.79 Å². The quantitative estimate of drug-likeness (QED) is 0.506. The van der Waals surface area contributed by atoms with E-state index in [9.17, 15) is 4.79 Å². The van der Waals surface area contributed by atoms with Crippen molar-refractivity contribution in [2.75, 3.05) is 56.5 Å². The highest BCUT2D eigenvalue weighted by atomic mass is 16.5. The third kappa shape index (κ3) is 4.99. The Morgan fingerprint density at radius 1 is 1.14 bits per heavy atom. The number of piperazine rings is 1. The van der Waals surface area contributed by atoms with Crippen LogP contribution >= 0.6 is 0 Å². The highest BCUT2D eigenvalue weighted by molar-refractivity contribution is 5.87. The molecule has 0 aliphatic carbocycles. The first-order valence-corrected chi connectivity index (χ1v) is 12.5. The van der Waals surface area contributed by atoms with E-state index >= 15 is 0 Å². The summed E-state index contributed by atoms with van der Waals surface area (Å²) in [7, 11) is 2.16. The number of benzene rings is 1. The molecule has 1 atom stereocenters. The summed E-state index contributed by atoms with van der Waals surface area (Å²) in [5.41, 5.74) is 3.54. The molecule has 0 bridgehead atoms. The number of imidazole rings is 1. The van der Waals surface area contributed by atoms with Crippen LogP contribution in [0, 0.1) is 0 Å². The lowest BCUT2D eigenvalue weighted by Crippen LogP contribution is -2.44. The summed E-state index contributed by atoms with van der Waals surface area (Å²) in [6, 6.07) is 8.87. The van der Waals surface area contributed by atoms with E-state index in [0.717, 1.165) is 38.3 Å². The van der Waals surface area contributed by atoms with E-state index in [1.165, 1.54) is 11.8 Å². The Morgan fingerprint density at radius 2 is 1.89 bits per heavy atom. The number of hydrogen-bond acceptors (Lipinski definition) is 8. The molecule has 2 fully saturated rings. The lowest BCUT2D eigenvalue weighted by atomic mass is 10.2. The van der Waals surface area contributed by atoms with Gasteiger partial charge in [0.1, 0.15) is 6.10 Å². The van der Waals surface area contributed by atoms with E-state index in [4.69, 9.17) is 4.74 Å². The summed E-state index contributed by atoms with van der Waals surface area (Å²) in [4.78, 5) is 32.4. The number of carbonyl (C=O) groups is 1. The molecule has 1 unspecified atom stereocenters. The van der Waals surface area contributed by atoms with Crippen LogP contribution in [0.15, 0.2) is 43.2 Å². The van der Waals surface area contributed by atoms with Gasteiger partial charge in [0.15, 0.2) is 17.0 Å². The van der Waals surface area contributed by atoms with Crippen molar-refractivity contribution in [3.05, 3.63) is 43.2 Å². The molecule has 10 heteroatoms. The van der Waals surface area contributed by atoms with Gasteiger partial charge in [-0.15, -0.1) is 0 Å². The summed E-state index contributed by atoms with van der Waals surface area (Å²) in [5, 5.41) is 3.43. The summed E-state index contributed by atoms with van der Waals surface area (Å²) < 4.78 is 8.16. The van der Waals surface area contributed by atoms with E-state index in [-0.39, 0.29) is 24.1 Å². The number of carbonyl (C=O) groups excluding carboxylic acids is 1. The van der Waals surface area contributed by atoms with Gasteiger partial charge in [0.2, 0.25) is 5.91 Å². The Balaban J connectivity index is 1.38. The molecular weight excluding hydrogens is 456 g/mol. The van der Waals surface area contributed by atoms with Gasteiger partial charge in [-0.3, -0.25) is 4.79 Å². The van der Waals surface area contributed by atoms with Crippen molar-refractivity contribution in [1.29, 1.82) is 0 Å². The van der Waals surface area contributed by atoms with Crippen LogP contribution in [0.5, 0.6) is 6.01 Å². The van der Waals surface area contributed by atoms with Gasteiger partial charge in [0.25, 0.3) is 0 Å². The lowest BCUT2D eigenvalue weighted by molar-refractivity contribution is -0.125. The van der Waals surface area contributed by atoms with Gasteiger partial charge >= 0.3 is 6.01 Å². The molecule has 2 aliphatic rings. The fraction of sp³-hybridized carbons (Fsp3) is 0.462. The molecule has 2 aromatic heterocycles. The molecule has 0 spiro atoms. The monoisotopic (exact) mass is 490 g/mol. The van der Waals surface area contributed by atoms with Gasteiger partial charge < -0.3 is 29.3 Å². The van der Waals surface area contributed by atoms with Crippen LogP contribution in [0.2, 0.25) is 0 Å². The molecule has 10 nitrogen and oxygen atoms in total. The summed E-state index contributed by atoms with van der Waals surface area (Å²) in [6.07, 6.45) is 3.68. The number of nitrogens with one attached hydrogen (secondary N) is 1. The molecule has 0 radical (unpaired) electrons. The second-order valence-electron chi connectivity index (χ2n) is 9.75. The molecular formula is C26H34N8O2. The van der Waals surface area contributed by atoms with Crippen molar-refractivity contribution in [1.82, 2.24) is 29.3 Å². The Morgan fingerprint density at radius 3 is 2.58 bits per heavy atom. The molecule has 1 aromatic carbocycles. The van der Waals surface area contributed by atoms with Gasteiger partial charge in [-0.2, -0.15) is 9.97 Å². The minimum atomic E-state index is -0.169. The highest BCUT2D eigenvalue weighted by Gasteiger charge is 2.28. The number of ether oxygens (including phenoxy) is 1. The van der Waals surface area contributed by atoms with E-state index in [1.807, 2.05) is 4.57 Å². The fourth-order valence-corrected chi connectivity index (χ4v) is 4.67. The second kappa shape index (κ2) is 10.1. The molecule has 2 aliphatic heterocycles. The number of fused-ring (bicyclic) bond motifs is 1. The maximum absolute atomic E-state index is 12.0. The Bertz CT molecular complexity index is 1230. The third-order valence-corrected chi connectivity index (χ3v) is 6.86. The Hall–Kier alpha value is -3.66. The van der Waals surface area contributed by atoms with E-state index in [0.29, 0.717) is 30.1 Å². The predicted molar refractivity (Wildman–Crippen MR) is 141 cm³/mol. The first-order valence-electron chi connectivity index (χ1n) is 12.5. The van der Waals surface area contributed by atoms with Crippen LogP contribution in [0.3, 0.4) is 0 Å². The van der Waals surface area contributed by atoms with Crippen molar-refractivity contribution < 1.29 is 9.53 Å². The van der Waals surface area contributed by atoms with E-state index < -0.39 is 0 Å². The zero-order valence-electron chi connectivity index (χ0n) is 21.2. The average molecular weight is 491 g/mol. The summed E-state index contributed by atoms with van der Waals surface area (Å²) >= 11 is 0. The minimum Gasteiger partial charge on any atom is -0.458 e. The van der Waals surface area contributed by atoms with Crippen molar-refractivity contribution in [3.8, 4) is 6.01 Å². The van der Waals surface area contributed by atoms with Crippen LogP contribution in [0.4, 0.5) is 17.2 Å². The van der Waals surface area contributed by atoms with Crippen LogP contribution < -0.4 is 15.0 Å². The maximum Gasteiger partial charge on any atom is 0.320 e. The molecule has 190 valence electrons. The maximum atomic E-state index is 12.0. The number of likely N-dealkylation sites (N-methyl/N-ethyl adjacent to an activating group) is 1. The fourth-order valence-electron chi connectivity index (χ4n) is 4.67. The van der Waals surface area contributed by atoms with Gasteiger partial charge in [0.05, 0.1) is 12.9 Å². The van der Waals surface area contributed by atoms with Gasteiger partial charge in [0, 0.05) is 56.6 Å². The lowest BCUT2D eigenvalue weighted by Gasteiger charge is -2.34. The van der Waals surface area contributed by atoms with Crippen molar-refractivity contribution in [2.45, 2.75) is 32.4 Å². The number of anilines is 3. The number of amides is 1. The van der Waals surface area contributed by atoms with Crippen LogP contribution in [0.1, 0.15) is 26.3 Å². The Labute approximate surface area is 211 Å². The first-order chi connectivity index (χ1) is 17.4. The number of rotatable bonds is 7. The third-order valence-electron chi connectivity index (χ3n) is 6.86. The molecule has 1 amide bonds. The smallest absolute Gasteiger partial charge is 0.320 e. The molecule has 2 saturated heterocycles. The Kier molecular flexibility index (Phi) is 6.77. The molecule has 0 saturated carbocycles. The predicted octanol–water partition coefficient (Wildman–Crippen LogP) is 3.07. The zero-order valence-corrected chi connectivity index (χ0v) is 21.2. The van der Waals surface area contributed by atoms with Crippen molar-refractivity contribution in [3.63, 3.8) is 0 Å². The van der Waals surface area contributed by atoms with E-state index in [2.05, 4.69) is 81.8 Å². The van der Waals surface area contributed by atoms with Crippen molar-refractivity contribution >= 4 is 34.3 Å². The first kappa shape index (κ1) is 24.1. The molecule has 4 heterocycles. The molecule has 1 N–H and O–H groups in total. The highest BCUT2D eigenvalue weighted by Crippen LogP contribution is 2.29. The minimum absolute atomic E-state index is 0.0854. The average Bonchev–Trinajstić information content (AvgIpc) is 3.52. The zero-order chi connectivity index (χ0) is 25.2. The normalized spacial score (nSPS) is 18.7. The van der Waals surface area contributed by atoms with Gasteiger partial charge in [-0.05, 0) is 51.2 Å². The number of aromatic nitrogens is 4. The number of likely N-dealkylation sites (tertiary alicyclic amines) is 1. The molecule has 36 heavy (non-hydrogen) atoms. The van der Waals surface area contributed by atoms with Gasteiger partial charge in [-0.1, -0.05) is 6.58 Å². The van der Waals surface area contributed by atoms with Crippen LogP contribution in [0.25, 0.3) is 11.2 Å². The molecule has 3 aromatic rings. The van der Waals surface area contributed by atoms with E-state index in [1.54, 1.807) is 11.2 Å². The van der Waals surface area contributed by atoms with Crippen molar-refractivity contribution in [2.24, 2.45) is 0 Å². The SMILES string of the molecule is C=CC(=O)N1CCC(Oc2nc(Nc3ccc(N4CCN(C)CC4)cc3)c3ncn(C(C)C)c3n2)C1. The standard InChI is InChI=1S/C26H34N8O2/c1-5-22(35)33-11-10-21(16-33)36-26-29-24(23-25(30-26)34(17-27-23)18(2)3)28-19-6-8-20(9-7-19)32-14-12-31(4)13-15-32/h5-9,17-18,21H,1,10-16H2,2-4H3,(H,28,29,30). The van der Waals surface area contributed by atoms with Gasteiger partial charge in [-0.25, -0.2) is 4.98 Å². The number of hydrogen-bond donors (Lipinski definition) is 1.